The Bertz CT molecular complexity index is 1120. The molecule has 1 heterocycles. The minimum atomic E-state index is -0.459. The second-order valence-electron chi connectivity index (χ2n) is 7.85. The predicted octanol–water partition coefficient (Wildman–Crippen LogP) is 6.98. The molecule has 0 bridgehead atoms. The first kappa shape index (κ1) is 26.0. The summed E-state index contributed by atoms with van der Waals surface area (Å²) in [6.45, 7) is 4.89. The molecule has 0 saturated carbocycles. The molecule has 9 heteroatoms. The lowest BCUT2D eigenvalue weighted by molar-refractivity contribution is -0.133. The summed E-state index contributed by atoms with van der Waals surface area (Å²) in [5.74, 6) is -0.550. The minimum Gasteiger partial charge on any atom is -0.332 e. The van der Waals surface area contributed by atoms with E-state index in [-0.39, 0.29) is 18.3 Å². The number of urea groups is 1. The van der Waals surface area contributed by atoms with Crippen LogP contribution in [0.2, 0.25) is 10.0 Å². The lowest BCUT2D eigenvalue weighted by Crippen LogP contribution is -2.44. The van der Waals surface area contributed by atoms with E-state index >= 15 is 0 Å². The molecule has 34 heavy (non-hydrogen) atoms. The monoisotopic (exact) mass is 521 g/mol. The fourth-order valence-corrected chi connectivity index (χ4v) is 4.78. The molecule has 0 spiro atoms. The van der Waals surface area contributed by atoms with E-state index < -0.39 is 6.03 Å². The number of halogens is 3. The summed E-state index contributed by atoms with van der Waals surface area (Å²) in [5, 5.41) is 5.34. The summed E-state index contributed by atoms with van der Waals surface area (Å²) < 4.78 is 13.4. The van der Waals surface area contributed by atoms with Gasteiger partial charge in [0.25, 0.3) is 0 Å². The number of amides is 3. The van der Waals surface area contributed by atoms with Crippen molar-refractivity contribution >= 4 is 52.2 Å². The molecule has 1 N–H and O–H groups in total. The van der Waals surface area contributed by atoms with E-state index in [1.54, 1.807) is 46.6 Å². The van der Waals surface area contributed by atoms with Gasteiger partial charge in [-0.05, 0) is 60.2 Å². The van der Waals surface area contributed by atoms with E-state index in [2.05, 4.69) is 5.32 Å². The van der Waals surface area contributed by atoms with Gasteiger partial charge in [0.2, 0.25) is 5.91 Å². The number of para-hydroxylation sites is 1. The van der Waals surface area contributed by atoms with Gasteiger partial charge in [-0.1, -0.05) is 48.3 Å². The van der Waals surface area contributed by atoms with Crippen molar-refractivity contribution in [3.05, 3.63) is 85.8 Å². The van der Waals surface area contributed by atoms with E-state index in [0.717, 1.165) is 16.0 Å². The van der Waals surface area contributed by atoms with Crippen molar-refractivity contribution in [2.24, 2.45) is 0 Å². The van der Waals surface area contributed by atoms with E-state index in [1.807, 2.05) is 25.3 Å². The lowest BCUT2D eigenvalue weighted by Gasteiger charge is -2.28. The SMILES string of the molecule is CCCN(CC(=O)N(Cc1ccc(F)cc1)Cc1sccc1C)C(=O)Nc1c(Cl)cccc1Cl. The third kappa shape index (κ3) is 6.95. The predicted molar refractivity (Wildman–Crippen MR) is 137 cm³/mol. The molecule has 180 valence electrons. The van der Waals surface area contributed by atoms with Crippen LogP contribution >= 0.6 is 34.5 Å². The fourth-order valence-electron chi connectivity index (χ4n) is 3.37. The van der Waals surface area contributed by atoms with Gasteiger partial charge >= 0.3 is 6.03 Å². The van der Waals surface area contributed by atoms with E-state index in [9.17, 15) is 14.0 Å². The van der Waals surface area contributed by atoms with Crippen LogP contribution < -0.4 is 5.32 Å². The van der Waals surface area contributed by atoms with Gasteiger partial charge in [0.15, 0.2) is 0 Å². The molecule has 3 amide bonds. The van der Waals surface area contributed by atoms with Crippen LogP contribution in [0.1, 0.15) is 29.3 Å². The van der Waals surface area contributed by atoms with Crippen LogP contribution in [0.25, 0.3) is 0 Å². The zero-order valence-corrected chi connectivity index (χ0v) is 21.3. The topological polar surface area (TPSA) is 52.7 Å². The molecular formula is C25H26Cl2FN3O2S. The first-order chi connectivity index (χ1) is 16.3. The highest BCUT2D eigenvalue weighted by Crippen LogP contribution is 2.30. The van der Waals surface area contributed by atoms with Crippen molar-refractivity contribution in [3.63, 3.8) is 0 Å². The van der Waals surface area contributed by atoms with E-state index in [1.165, 1.54) is 17.0 Å². The normalized spacial score (nSPS) is 10.7. The van der Waals surface area contributed by atoms with Crippen LogP contribution in [0, 0.1) is 12.7 Å². The minimum absolute atomic E-state index is 0.118. The number of nitrogens with one attached hydrogen (secondary N) is 1. The standard InChI is InChI=1S/C25H26Cl2FN3O2S/c1-3-12-30(25(33)29-24-20(26)5-4-6-21(24)27)16-23(32)31(15-22-17(2)11-13-34-22)14-18-7-9-19(28)10-8-18/h4-11,13H,3,12,14-16H2,1-2H3,(H,29,33). The molecule has 3 aromatic rings. The quantitative estimate of drug-likeness (QED) is 0.330. The van der Waals surface area contributed by atoms with E-state index in [4.69, 9.17) is 23.2 Å². The summed E-state index contributed by atoms with van der Waals surface area (Å²) >= 11 is 14.0. The summed E-state index contributed by atoms with van der Waals surface area (Å²) in [6.07, 6.45) is 0.666. The molecule has 0 atom stereocenters. The summed E-state index contributed by atoms with van der Waals surface area (Å²) in [5.41, 5.74) is 2.21. The van der Waals surface area contributed by atoms with E-state index in [0.29, 0.717) is 41.8 Å². The Morgan fingerprint density at radius 3 is 2.26 bits per heavy atom. The number of rotatable bonds is 9. The fraction of sp³-hybridized carbons (Fsp3) is 0.280. The molecule has 0 aliphatic rings. The Labute approximate surface area is 213 Å². The average Bonchev–Trinajstić information content (AvgIpc) is 3.21. The number of aryl methyl sites for hydroxylation is 1. The van der Waals surface area contributed by atoms with Crippen LogP contribution in [0.15, 0.2) is 53.9 Å². The molecule has 2 aromatic carbocycles. The molecule has 0 aliphatic heterocycles. The molecule has 0 radical (unpaired) electrons. The summed E-state index contributed by atoms with van der Waals surface area (Å²) in [6, 6.07) is 12.6. The molecule has 1 aromatic heterocycles. The molecule has 0 aliphatic carbocycles. The van der Waals surface area contributed by atoms with Crippen molar-refractivity contribution < 1.29 is 14.0 Å². The van der Waals surface area contributed by atoms with Gasteiger partial charge in [-0.15, -0.1) is 11.3 Å². The first-order valence-electron chi connectivity index (χ1n) is 10.8. The maximum absolute atomic E-state index is 13.4. The Kier molecular flexibility index (Phi) is 9.33. The van der Waals surface area contributed by atoms with Gasteiger partial charge < -0.3 is 15.1 Å². The van der Waals surface area contributed by atoms with Gasteiger partial charge in [0.05, 0.1) is 22.3 Å². The smallest absolute Gasteiger partial charge is 0.322 e. The van der Waals surface area contributed by atoms with Crippen LogP contribution in [-0.4, -0.2) is 34.8 Å². The second kappa shape index (κ2) is 12.2. The number of carbonyl (C=O) groups is 2. The maximum Gasteiger partial charge on any atom is 0.322 e. The third-order valence-electron chi connectivity index (χ3n) is 5.24. The Morgan fingerprint density at radius 1 is 1.00 bits per heavy atom. The van der Waals surface area contributed by atoms with Crippen LogP contribution in [0.5, 0.6) is 0 Å². The van der Waals surface area contributed by atoms with Crippen molar-refractivity contribution in [1.29, 1.82) is 0 Å². The highest BCUT2D eigenvalue weighted by atomic mass is 35.5. The summed E-state index contributed by atoms with van der Waals surface area (Å²) in [7, 11) is 0. The van der Waals surface area contributed by atoms with Crippen molar-refractivity contribution in [1.82, 2.24) is 9.80 Å². The number of anilines is 1. The Balaban J connectivity index is 1.78. The zero-order valence-electron chi connectivity index (χ0n) is 19.0. The third-order valence-corrected chi connectivity index (χ3v) is 6.88. The molecular weight excluding hydrogens is 496 g/mol. The number of thiophene rings is 1. The molecule has 0 fully saturated rings. The molecule has 3 rings (SSSR count). The number of hydrogen-bond acceptors (Lipinski definition) is 3. The van der Waals surface area contributed by atoms with Crippen LogP contribution in [0.3, 0.4) is 0 Å². The zero-order chi connectivity index (χ0) is 24.7. The summed E-state index contributed by atoms with van der Waals surface area (Å²) in [4.78, 5) is 30.6. The van der Waals surface area contributed by atoms with Crippen molar-refractivity contribution in [2.45, 2.75) is 33.4 Å². The number of hydrogen-bond donors (Lipinski definition) is 1. The number of carbonyl (C=O) groups excluding carboxylic acids is 2. The largest absolute Gasteiger partial charge is 0.332 e. The molecule has 0 saturated heterocycles. The highest BCUT2D eigenvalue weighted by Gasteiger charge is 2.23. The highest BCUT2D eigenvalue weighted by molar-refractivity contribution is 7.10. The number of benzene rings is 2. The maximum atomic E-state index is 13.4. The number of nitrogens with zero attached hydrogens (tertiary/aromatic N) is 2. The van der Waals surface area contributed by atoms with Crippen molar-refractivity contribution in [3.8, 4) is 0 Å². The van der Waals surface area contributed by atoms with Gasteiger partial charge in [0.1, 0.15) is 12.4 Å². The lowest BCUT2D eigenvalue weighted by atomic mass is 10.2. The van der Waals surface area contributed by atoms with Gasteiger partial charge in [-0.3, -0.25) is 4.79 Å². The van der Waals surface area contributed by atoms with Gasteiger partial charge in [-0.25, -0.2) is 9.18 Å². The Morgan fingerprint density at radius 2 is 1.68 bits per heavy atom. The van der Waals surface area contributed by atoms with Crippen molar-refractivity contribution in [2.75, 3.05) is 18.4 Å². The second-order valence-corrected chi connectivity index (χ2v) is 9.67. The first-order valence-corrected chi connectivity index (χ1v) is 12.5. The average molecular weight is 522 g/mol. The van der Waals surface area contributed by atoms with Crippen LogP contribution in [-0.2, 0) is 17.9 Å². The Hall–Kier alpha value is -2.61. The molecule has 5 nitrogen and oxygen atoms in total. The van der Waals surface area contributed by atoms with Crippen LogP contribution in [0.4, 0.5) is 14.9 Å². The molecule has 0 unspecified atom stereocenters. The van der Waals surface area contributed by atoms with Gasteiger partial charge in [-0.2, -0.15) is 0 Å². The van der Waals surface area contributed by atoms with Gasteiger partial charge in [0, 0.05) is 18.0 Å².